The number of hydrogen-bond acceptors (Lipinski definition) is 3. The predicted octanol–water partition coefficient (Wildman–Crippen LogP) is 3.50. The maximum atomic E-state index is 10.9. The third-order valence-electron chi connectivity index (χ3n) is 3.31. The number of fused-ring (bicyclic) bond motifs is 1. The van der Waals surface area contributed by atoms with Crippen molar-refractivity contribution in [1.29, 1.82) is 0 Å². The van der Waals surface area contributed by atoms with E-state index in [1.54, 1.807) is 25.1 Å². The predicted molar refractivity (Wildman–Crippen MR) is 71.5 cm³/mol. The van der Waals surface area contributed by atoms with Crippen LogP contribution in [0, 0.1) is 6.92 Å². The Labute approximate surface area is 106 Å². The minimum absolute atomic E-state index is 0.0547. The molecule has 0 aliphatic carbocycles. The molecule has 0 atom stereocenters. The summed E-state index contributed by atoms with van der Waals surface area (Å²) in [6.07, 6.45) is 0.640. The Morgan fingerprint density at radius 2 is 1.72 bits per heavy atom. The second-order valence-electron chi connectivity index (χ2n) is 4.84. The summed E-state index contributed by atoms with van der Waals surface area (Å²) in [5.74, 6) is 0.383. The zero-order valence-corrected chi connectivity index (χ0v) is 10.7. The van der Waals surface area contributed by atoms with Crippen molar-refractivity contribution < 1.29 is 15.0 Å². The van der Waals surface area contributed by atoms with Gasteiger partial charge in [-0.3, -0.25) is 4.79 Å². The molecule has 2 aromatic carbocycles. The van der Waals surface area contributed by atoms with E-state index in [9.17, 15) is 15.0 Å². The first kappa shape index (κ1) is 12.4. The Kier molecular flexibility index (Phi) is 2.99. The minimum Gasteiger partial charge on any atom is -0.508 e. The molecule has 0 aliphatic rings. The van der Waals surface area contributed by atoms with Gasteiger partial charge in [-0.05, 0) is 52.9 Å². The van der Waals surface area contributed by atoms with Crippen LogP contribution < -0.4 is 0 Å². The van der Waals surface area contributed by atoms with Crippen molar-refractivity contribution in [3.8, 4) is 11.5 Å². The Bertz CT molecular complexity index is 627. The highest BCUT2D eigenvalue weighted by atomic mass is 16.3. The van der Waals surface area contributed by atoms with Gasteiger partial charge in [0, 0.05) is 0 Å². The lowest BCUT2D eigenvalue weighted by atomic mass is 9.91. The normalized spacial score (nSPS) is 11.1. The van der Waals surface area contributed by atoms with E-state index in [-0.39, 0.29) is 23.0 Å². The Hall–Kier alpha value is -2.03. The molecule has 0 radical (unpaired) electrons. The maximum absolute atomic E-state index is 10.9. The molecule has 0 fully saturated rings. The summed E-state index contributed by atoms with van der Waals surface area (Å²) >= 11 is 0. The zero-order valence-electron chi connectivity index (χ0n) is 10.7. The lowest BCUT2D eigenvalue weighted by Gasteiger charge is -2.14. The van der Waals surface area contributed by atoms with Gasteiger partial charge in [0.1, 0.15) is 11.5 Å². The van der Waals surface area contributed by atoms with E-state index in [4.69, 9.17) is 0 Å². The number of aldehydes is 1. The van der Waals surface area contributed by atoms with Gasteiger partial charge in [0.05, 0.1) is 5.56 Å². The van der Waals surface area contributed by atoms with E-state index in [1.807, 2.05) is 13.8 Å². The molecule has 0 saturated heterocycles. The molecule has 0 bridgehead atoms. The number of hydrogen-bond donors (Lipinski definition) is 2. The number of aromatic hydroxyl groups is 2. The molecule has 94 valence electrons. The fourth-order valence-electron chi connectivity index (χ4n) is 2.20. The topological polar surface area (TPSA) is 57.5 Å². The van der Waals surface area contributed by atoms with Gasteiger partial charge in [0.15, 0.2) is 6.29 Å². The number of benzene rings is 2. The van der Waals surface area contributed by atoms with Crippen molar-refractivity contribution >= 4 is 17.1 Å². The quantitative estimate of drug-likeness (QED) is 0.795. The van der Waals surface area contributed by atoms with Crippen LogP contribution in [0.2, 0.25) is 0 Å². The lowest BCUT2D eigenvalue weighted by molar-refractivity contribution is 0.112. The zero-order chi connectivity index (χ0) is 13.4. The molecule has 3 heteroatoms. The number of rotatable bonds is 2. The maximum Gasteiger partial charge on any atom is 0.153 e. The molecule has 0 spiro atoms. The Morgan fingerprint density at radius 1 is 1.06 bits per heavy atom. The number of carbonyl (C=O) groups is 1. The summed E-state index contributed by atoms with van der Waals surface area (Å²) in [6, 6.07) is 4.95. The summed E-state index contributed by atoms with van der Waals surface area (Å²) in [7, 11) is 0. The summed E-state index contributed by atoms with van der Waals surface area (Å²) in [4.78, 5) is 10.9. The van der Waals surface area contributed by atoms with Crippen LogP contribution in [0.1, 0.15) is 41.3 Å². The van der Waals surface area contributed by atoms with Gasteiger partial charge in [0.2, 0.25) is 0 Å². The Morgan fingerprint density at radius 3 is 2.28 bits per heavy atom. The van der Waals surface area contributed by atoms with Gasteiger partial charge in [-0.1, -0.05) is 13.8 Å². The third kappa shape index (κ3) is 1.82. The molecule has 0 aromatic heterocycles. The van der Waals surface area contributed by atoms with Gasteiger partial charge in [0.25, 0.3) is 0 Å². The number of aryl methyl sites for hydroxylation is 1. The van der Waals surface area contributed by atoms with E-state index >= 15 is 0 Å². The van der Waals surface area contributed by atoms with Crippen LogP contribution in [-0.2, 0) is 0 Å². The van der Waals surface area contributed by atoms with Gasteiger partial charge >= 0.3 is 0 Å². The molecular weight excluding hydrogens is 228 g/mol. The van der Waals surface area contributed by atoms with E-state index in [2.05, 4.69) is 0 Å². The molecule has 3 nitrogen and oxygen atoms in total. The van der Waals surface area contributed by atoms with Crippen LogP contribution in [-0.4, -0.2) is 16.5 Å². The van der Waals surface area contributed by atoms with Crippen molar-refractivity contribution in [2.45, 2.75) is 26.7 Å². The Balaban J connectivity index is 2.94. The van der Waals surface area contributed by atoms with Crippen molar-refractivity contribution in [2.24, 2.45) is 0 Å². The largest absolute Gasteiger partial charge is 0.508 e. The van der Waals surface area contributed by atoms with Crippen LogP contribution >= 0.6 is 0 Å². The summed E-state index contributed by atoms with van der Waals surface area (Å²) in [5.41, 5.74) is 1.95. The summed E-state index contributed by atoms with van der Waals surface area (Å²) < 4.78 is 0. The van der Waals surface area contributed by atoms with Crippen molar-refractivity contribution in [3.05, 3.63) is 34.9 Å². The molecule has 0 saturated carbocycles. The minimum atomic E-state index is -0.0547. The van der Waals surface area contributed by atoms with Crippen LogP contribution in [0.15, 0.2) is 18.2 Å². The van der Waals surface area contributed by atoms with Gasteiger partial charge in [-0.2, -0.15) is 0 Å². The first-order chi connectivity index (χ1) is 8.45. The molecule has 2 aromatic rings. The summed E-state index contributed by atoms with van der Waals surface area (Å²) in [6.45, 7) is 5.84. The summed E-state index contributed by atoms with van der Waals surface area (Å²) in [5, 5.41) is 21.3. The molecule has 0 unspecified atom stereocenters. The first-order valence-corrected chi connectivity index (χ1v) is 5.90. The molecule has 0 amide bonds. The standard InChI is InChI=1S/C15H16O3/c1-8(2)11-5-14(17)9(3)12-6-15(18)10(7-16)4-13(11)12/h4-8,17-18H,1-3H3. The van der Waals surface area contributed by atoms with Crippen molar-refractivity contribution in [2.75, 3.05) is 0 Å². The van der Waals surface area contributed by atoms with Gasteiger partial charge in [-0.25, -0.2) is 0 Å². The van der Waals surface area contributed by atoms with Crippen LogP contribution in [0.25, 0.3) is 10.8 Å². The highest BCUT2D eigenvalue weighted by Gasteiger charge is 2.13. The fraction of sp³-hybridized carbons (Fsp3) is 0.267. The third-order valence-corrected chi connectivity index (χ3v) is 3.31. The first-order valence-electron chi connectivity index (χ1n) is 5.90. The lowest BCUT2D eigenvalue weighted by Crippen LogP contribution is -1.94. The monoisotopic (exact) mass is 244 g/mol. The molecule has 2 N–H and O–H groups in total. The number of carbonyl (C=O) groups excluding carboxylic acids is 1. The van der Waals surface area contributed by atoms with Crippen molar-refractivity contribution in [3.63, 3.8) is 0 Å². The molecule has 2 rings (SSSR count). The van der Waals surface area contributed by atoms with Crippen molar-refractivity contribution in [1.82, 2.24) is 0 Å². The van der Waals surface area contributed by atoms with Gasteiger partial charge < -0.3 is 10.2 Å². The molecule has 0 aliphatic heterocycles. The molecule has 0 heterocycles. The SMILES string of the molecule is Cc1c(O)cc(C(C)C)c2cc(C=O)c(O)cc12. The smallest absolute Gasteiger partial charge is 0.153 e. The molecular formula is C15H16O3. The fourth-order valence-corrected chi connectivity index (χ4v) is 2.20. The second kappa shape index (κ2) is 4.33. The van der Waals surface area contributed by atoms with Crippen LogP contribution in [0.4, 0.5) is 0 Å². The average molecular weight is 244 g/mol. The van der Waals surface area contributed by atoms with Crippen LogP contribution in [0.3, 0.4) is 0 Å². The van der Waals surface area contributed by atoms with E-state index in [0.717, 1.165) is 16.3 Å². The van der Waals surface area contributed by atoms with E-state index < -0.39 is 0 Å². The average Bonchev–Trinajstić information content (AvgIpc) is 2.33. The highest BCUT2D eigenvalue weighted by Crippen LogP contribution is 2.36. The molecule has 18 heavy (non-hydrogen) atoms. The van der Waals surface area contributed by atoms with E-state index in [0.29, 0.717) is 11.8 Å². The number of phenolic OH excluding ortho intramolecular Hbond substituents is 2. The van der Waals surface area contributed by atoms with Crippen LogP contribution in [0.5, 0.6) is 11.5 Å². The second-order valence-corrected chi connectivity index (χ2v) is 4.84. The van der Waals surface area contributed by atoms with Gasteiger partial charge in [-0.15, -0.1) is 0 Å². The van der Waals surface area contributed by atoms with E-state index in [1.165, 1.54) is 0 Å². The number of phenols is 2. The highest BCUT2D eigenvalue weighted by molar-refractivity contribution is 5.97.